The van der Waals surface area contributed by atoms with Gasteiger partial charge in [0.15, 0.2) is 6.10 Å². The molecule has 3 aromatic rings. The highest BCUT2D eigenvalue weighted by molar-refractivity contribution is 8.10. The van der Waals surface area contributed by atoms with Crippen LogP contribution in [0.4, 0.5) is 0 Å². The fourth-order valence-corrected chi connectivity index (χ4v) is 7.94. The van der Waals surface area contributed by atoms with Crippen molar-refractivity contribution in [2.24, 2.45) is 0 Å². The summed E-state index contributed by atoms with van der Waals surface area (Å²) in [4.78, 5) is 11.6. The number of esters is 1. The summed E-state index contributed by atoms with van der Waals surface area (Å²) in [6, 6.07) is 23.4. The van der Waals surface area contributed by atoms with Crippen molar-refractivity contribution in [1.29, 1.82) is 0 Å². The van der Waals surface area contributed by atoms with Crippen molar-refractivity contribution in [3.05, 3.63) is 103 Å². The van der Waals surface area contributed by atoms with Gasteiger partial charge >= 0.3 is 5.97 Å². The van der Waals surface area contributed by atoms with Crippen molar-refractivity contribution in [2.75, 3.05) is 0 Å². The average molecular weight is 485 g/mol. The van der Waals surface area contributed by atoms with Gasteiger partial charge in [0.25, 0.3) is 0 Å². The summed E-state index contributed by atoms with van der Waals surface area (Å²) < 4.78 is 58.4. The van der Waals surface area contributed by atoms with Crippen molar-refractivity contribution >= 4 is 31.7 Å². The first kappa shape index (κ1) is 24.4. The Kier molecular flexibility index (Phi) is 7.19. The summed E-state index contributed by atoms with van der Waals surface area (Å²) in [7, 11) is -9.14. The van der Waals surface area contributed by atoms with Gasteiger partial charge in [-0.2, -0.15) is 0 Å². The lowest BCUT2D eigenvalue weighted by atomic mass is 10.1. The van der Waals surface area contributed by atoms with Crippen molar-refractivity contribution < 1.29 is 26.4 Å². The zero-order valence-corrected chi connectivity index (χ0v) is 19.8. The highest BCUT2D eigenvalue weighted by atomic mass is 32.3. The number of hydrogen-bond donors (Lipinski definition) is 0. The Morgan fingerprint density at radius 3 is 1.55 bits per heavy atom. The molecular formula is C25H24O6S2. The summed E-state index contributed by atoms with van der Waals surface area (Å²) in [6.45, 7) is 2.19. The lowest BCUT2D eigenvalue weighted by molar-refractivity contribution is -0.144. The van der Waals surface area contributed by atoms with E-state index < -0.39 is 35.8 Å². The molecule has 0 spiro atoms. The van der Waals surface area contributed by atoms with Crippen molar-refractivity contribution in [1.82, 2.24) is 0 Å². The number of carbonyl (C=O) groups excluding carboxylic acids is 1. The van der Waals surface area contributed by atoms with Gasteiger partial charge in [-0.05, 0) is 42.8 Å². The third-order valence-corrected chi connectivity index (χ3v) is 10.9. The van der Waals surface area contributed by atoms with Crippen LogP contribution in [0, 0.1) is 0 Å². The van der Waals surface area contributed by atoms with E-state index in [4.69, 9.17) is 4.74 Å². The molecule has 0 aliphatic heterocycles. The molecule has 1 atom stereocenters. The van der Waals surface area contributed by atoms with E-state index in [0.29, 0.717) is 5.56 Å². The first-order valence-electron chi connectivity index (χ1n) is 10.1. The third kappa shape index (κ3) is 4.77. The maximum Gasteiger partial charge on any atom is 0.303 e. The van der Waals surface area contributed by atoms with Gasteiger partial charge in [-0.1, -0.05) is 72.8 Å². The molecule has 33 heavy (non-hydrogen) atoms. The summed E-state index contributed by atoms with van der Waals surface area (Å²) >= 11 is 0. The highest BCUT2D eigenvalue weighted by Gasteiger charge is 2.58. The number of carbonyl (C=O) groups is 1. The van der Waals surface area contributed by atoms with Crippen LogP contribution in [0.15, 0.2) is 107 Å². The Morgan fingerprint density at radius 2 is 1.15 bits per heavy atom. The van der Waals surface area contributed by atoms with Gasteiger partial charge in [-0.15, -0.1) is 0 Å². The summed E-state index contributed by atoms with van der Waals surface area (Å²) in [5.41, 5.74) is 0.686. The molecule has 3 aromatic carbocycles. The number of ether oxygens (including phenoxy) is 1. The van der Waals surface area contributed by atoms with Crippen LogP contribution in [-0.2, 0) is 29.2 Å². The van der Waals surface area contributed by atoms with Crippen molar-refractivity contribution in [2.45, 2.75) is 33.8 Å². The molecule has 8 heteroatoms. The molecule has 0 saturated carbocycles. The average Bonchev–Trinajstić information content (AvgIpc) is 2.82. The molecule has 0 saturated heterocycles. The van der Waals surface area contributed by atoms with E-state index in [2.05, 4.69) is 0 Å². The standard InChI is InChI=1S/C25H24O6S2/c1-20(26)31-24(19-18-21-12-6-3-7-13-21)25(2,32(27,28)22-14-8-4-9-15-22)33(29,30)23-16-10-5-11-17-23/h3-19,24H,1-2H3/b19-18+/t24-/m1/s1. The maximum absolute atomic E-state index is 13.9. The van der Waals surface area contributed by atoms with Crippen LogP contribution in [0.2, 0.25) is 0 Å². The molecule has 0 aliphatic rings. The molecule has 0 unspecified atom stereocenters. The number of benzene rings is 3. The zero-order valence-electron chi connectivity index (χ0n) is 18.2. The molecule has 0 radical (unpaired) electrons. The van der Waals surface area contributed by atoms with E-state index in [1.54, 1.807) is 36.4 Å². The molecule has 0 bridgehead atoms. The van der Waals surface area contributed by atoms with Gasteiger partial charge < -0.3 is 4.74 Å². The molecular weight excluding hydrogens is 460 g/mol. The van der Waals surface area contributed by atoms with Crippen molar-refractivity contribution in [3.63, 3.8) is 0 Å². The van der Waals surface area contributed by atoms with Gasteiger partial charge in [0.1, 0.15) is 0 Å². The predicted octanol–water partition coefficient (Wildman–Crippen LogP) is 4.30. The minimum absolute atomic E-state index is 0.197. The lowest BCUT2D eigenvalue weighted by Crippen LogP contribution is -2.53. The Hall–Kier alpha value is -3.23. The smallest absolute Gasteiger partial charge is 0.303 e. The Bertz CT molecular complexity index is 1260. The molecule has 0 heterocycles. The van der Waals surface area contributed by atoms with Crippen LogP contribution in [0.5, 0.6) is 0 Å². The Balaban J connectivity index is 2.30. The van der Waals surface area contributed by atoms with E-state index >= 15 is 0 Å². The normalized spacial score (nSPS) is 13.5. The minimum atomic E-state index is -4.57. The minimum Gasteiger partial charge on any atom is -0.455 e. The van der Waals surface area contributed by atoms with Gasteiger partial charge in [-0.3, -0.25) is 4.79 Å². The number of rotatable bonds is 8. The van der Waals surface area contributed by atoms with Gasteiger partial charge in [0.2, 0.25) is 23.8 Å². The molecule has 3 rings (SSSR count). The molecule has 172 valence electrons. The van der Waals surface area contributed by atoms with E-state index in [0.717, 1.165) is 13.8 Å². The van der Waals surface area contributed by atoms with Crippen LogP contribution in [-0.4, -0.2) is 33.0 Å². The zero-order chi connectivity index (χ0) is 24.1. The van der Waals surface area contributed by atoms with Gasteiger partial charge in [0.05, 0.1) is 9.79 Å². The number of sulfone groups is 2. The molecule has 0 aromatic heterocycles. The SMILES string of the molecule is CC(=O)O[C@H](/C=C/c1ccccc1)C(C)(S(=O)(=O)c1ccccc1)S(=O)(=O)c1ccccc1. The maximum atomic E-state index is 13.9. The summed E-state index contributed by atoms with van der Waals surface area (Å²) in [5, 5.41) is 0. The van der Waals surface area contributed by atoms with Gasteiger partial charge in [-0.25, -0.2) is 16.8 Å². The monoisotopic (exact) mass is 484 g/mol. The Labute approximate surface area is 194 Å². The fraction of sp³-hybridized carbons (Fsp3) is 0.160. The van der Waals surface area contributed by atoms with E-state index in [1.165, 1.54) is 60.7 Å². The first-order valence-corrected chi connectivity index (χ1v) is 13.1. The van der Waals surface area contributed by atoms with Crippen LogP contribution in [0.25, 0.3) is 6.08 Å². The van der Waals surface area contributed by atoms with Crippen LogP contribution in [0.3, 0.4) is 0 Å². The number of hydrogen-bond acceptors (Lipinski definition) is 6. The van der Waals surface area contributed by atoms with E-state index in [9.17, 15) is 21.6 Å². The molecule has 0 amide bonds. The lowest BCUT2D eigenvalue weighted by Gasteiger charge is -2.34. The van der Waals surface area contributed by atoms with E-state index in [1.807, 2.05) is 6.07 Å². The second-order valence-electron chi connectivity index (χ2n) is 7.45. The van der Waals surface area contributed by atoms with Crippen LogP contribution < -0.4 is 0 Å². The van der Waals surface area contributed by atoms with Crippen molar-refractivity contribution in [3.8, 4) is 0 Å². The van der Waals surface area contributed by atoms with Crippen LogP contribution >= 0.6 is 0 Å². The largest absolute Gasteiger partial charge is 0.455 e. The first-order chi connectivity index (χ1) is 15.6. The molecule has 0 aliphatic carbocycles. The molecule has 0 fully saturated rings. The fourth-order valence-electron chi connectivity index (χ4n) is 3.38. The molecule has 0 N–H and O–H groups in total. The third-order valence-electron chi connectivity index (χ3n) is 5.25. The van der Waals surface area contributed by atoms with Crippen LogP contribution in [0.1, 0.15) is 19.4 Å². The summed E-state index contributed by atoms with van der Waals surface area (Å²) in [6.07, 6.45) is 1.20. The quantitative estimate of drug-likeness (QED) is 0.443. The topological polar surface area (TPSA) is 94.6 Å². The van der Waals surface area contributed by atoms with E-state index in [-0.39, 0.29) is 9.79 Å². The second kappa shape index (κ2) is 9.72. The summed E-state index contributed by atoms with van der Waals surface area (Å²) in [5.74, 6) is -0.810. The second-order valence-corrected chi connectivity index (χ2v) is 12.4. The molecule has 6 nitrogen and oxygen atoms in total. The van der Waals surface area contributed by atoms with Gasteiger partial charge in [0, 0.05) is 6.92 Å². The highest BCUT2D eigenvalue weighted by Crippen LogP contribution is 2.40. The predicted molar refractivity (Wildman–Crippen MR) is 127 cm³/mol. The Morgan fingerprint density at radius 1 is 0.758 bits per heavy atom.